The second kappa shape index (κ2) is 5.97. The van der Waals surface area contributed by atoms with Crippen LogP contribution in [0.2, 0.25) is 0 Å². The molecule has 23 heavy (non-hydrogen) atoms. The van der Waals surface area contributed by atoms with Gasteiger partial charge in [-0.2, -0.15) is 0 Å². The summed E-state index contributed by atoms with van der Waals surface area (Å²) < 4.78 is 0. The molecular weight excluding hydrogens is 284 g/mol. The Morgan fingerprint density at radius 1 is 1.09 bits per heavy atom. The molecule has 0 saturated heterocycles. The molecule has 2 aliphatic carbocycles. The maximum Gasteiger partial charge on any atom is 0.224 e. The van der Waals surface area contributed by atoms with Crippen molar-refractivity contribution in [3.05, 3.63) is 48.0 Å². The van der Waals surface area contributed by atoms with Gasteiger partial charge in [-0.25, -0.2) is 0 Å². The first-order valence-electron chi connectivity index (χ1n) is 8.77. The van der Waals surface area contributed by atoms with Crippen LogP contribution in [-0.2, 0) is 4.79 Å². The van der Waals surface area contributed by atoms with E-state index < -0.39 is 0 Å². The first kappa shape index (κ1) is 14.7. The first-order valence-corrected chi connectivity index (χ1v) is 8.77. The molecule has 3 nitrogen and oxygen atoms in total. The highest BCUT2D eigenvalue weighted by atomic mass is 16.2. The average molecular weight is 308 g/mol. The molecule has 4 rings (SSSR count). The zero-order chi connectivity index (χ0) is 15.8. The lowest BCUT2D eigenvalue weighted by Crippen LogP contribution is -2.35. The lowest BCUT2D eigenvalue weighted by atomic mass is 10.0. The van der Waals surface area contributed by atoms with Gasteiger partial charge in [0, 0.05) is 12.5 Å². The predicted octanol–water partition coefficient (Wildman–Crippen LogP) is 3.39. The number of carbonyl (C=O) groups is 1. The minimum atomic E-state index is -0.0882. The average Bonchev–Trinajstić information content (AvgIpc) is 3.33. The lowest BCUT2D eigenvalue weighted by molar-refractivity contribution is -0.123. The molecule has 0 heterocycles. The van der Waals surface area contributed by atoms with Crippen molar-refractivity contribution in [2.75, 3.05) is 6.54 Å². The van der Waals surface area contributed by atoms with Crippen LogP contribution < -0.4 is 11.1 Å². The quantitative estimate of drug-likeness (QED) is 0.909. The molecule has 2 unspecified atom stereocenters. The molecule has 0 aromatic heterocycles. The van der Waals surface area contributed by atoms with Gasteiger partial charge >= 0.3 is 0 Å². The molecule has 4 atom stereocenters. The van der Waals surface area contributed by atoms with Gasteiger partial charge in [-0.1, -0.05) is 49.2 Å². The van der Waals surface area contributed by atoms with E-state index in [0.29, 0.717) is 18.4 Å². The molecule has 3 N–H and O–H groups in total. The van der Waals surface area contributed by atoms with Gasteiger partial charge in [0.25, 0.3) is 0 Å². The molecule has 0 aliphatic heterocycles. The fourth-order valence-electron chi connectivity index (χ4n) is 4.35. The fourth-order valence-corrected chi connectivity index (χ4v) is 4.35. The molecule has 2 fully saturated rings. The largest absolute Gasteiger partial charge is 0.348 e. The number of fused-ring (bicyclic) bond motifs is 2. The number of hydrogen-bond acceptors (Lipinski definition) is 2. The van der Waals surface area contributed by atoms with Crippen molar-refractivity contribution >= 4 is 16.7 Å². The summed E-state index contributed by atoms with van der Waals surface area (Å²) in [6, 6.07) is 14.5. The summed E-state index contributed by atoms with van der Waals surface area (Å²) in [6.45, 7) is 0.437. The molecule has 0 spiro atoms. The predicted molar refractivity (Wildman–Crippen MR) is 92.8 cm³/mol. The van der Waals surface area contributed by atoms with Gasteiger partial charge in [-0.3, -0.25) is 4.79 Å². The highest BCUT2D eigenvalue weighted by Gasteiger charge is 2.54. The maximum absolute atomic E-state index is 12.6. The molecular formula is C20H24N2O. The van der Waals surface area contributed by atoms with Crippen LogP contribution in [0.3, 0.4) is 0 Å². The van der Waals surface area contributed by atoms with Crippen LogP contribution in [0, 0.1) is 17.8 Å². The third-order valence-corrected chi connectivity index (χ3v) is 5.69. The van der Waals surface area contributed by atoms with E-state index in [-0.39, 0.29) is 17.9 Å². The summed E-state index contributed by atoms with van der Waals surface area (Å²) >= 11 is 0. The van der Waals surface area contributed by atoms with Gasteiger partial charge in [-0.15, -0.1) is 0 Å². The van der Waals surface area contributed by atoms with Crippen LogP contribution in [0.4, 0.5) is 0 Å². The zero-order valence-corrected chi connectivity index (χ0v) is 13.4. The van der Waals surface area contributed by atoms with Gasteiger partial charge in [0.15, 0.2) is 0 Å². The van der Waals surface area contributed by atoms with Crippen molar-refractivity contribution in [2.45, 2.75) is 31.7 Å². The summed E-state index contributed by atoms with van der Waals surface area (Å²) in [5, 5.41) is 5.61. The Kier molecular flexibility index (Phi) is 3.82. The number of rotatable bonds is 4. The van der Waals surface area contributed by atoms with Gasteiger partial charge in [0.2, 0.25) is 5.91 Å². The van der Waals surface area contributed by atoms with Crippen LogP contribution in [0.15, 0.2) is 42.5 Å². The highest BCUT2D eigenvalue weighted by molar-refractivity contribution is 5.84. The smallest absolute Gasteiger partial charge is 0.224 e. The number of nitrogens with one attached hydrogen (secondary N) is 1. The van der Waals surface area contributed by atoms with E-state index in [1.165, 1.54) is 36.5 Å². The number of hydrogen-bond donors (Lipinski definition) is 2. The Labute approximate surface area is 137 Å². The molecule has 1 amide bonds. The summed E-state index contributed by atoms with van der Waals surface area (Å²) in [4.78, 5) is 12.6. The summed E-state index contributed by atoms with van der Waals surface area (Å²) in [7, 11) is 0. The van der Waals surface area contributed by atoms with E-state index in [2.05, 4.69) is 35.6 Å². The molecule has 2 saturated carbocycles. The summed E-state index contributed by atoms with van der Waals surface area (Å²) in [5.74, 6) is 1.73. The minimum absolute atomic E-state index is 0.0882. The Hall–Kier alpha value is -1.87. The SMILES string of the molecule is NCC(NC(=O)C1[C@H]2CCCC[C@@H]12)c1ccc2ccccc2c1. The zero-order valence-electron chi connectivity index (χ0n) is 13.4. The van der Waals surface area contributed by atoms with Crippen molar-refractivity contribution in [3.8, 4) is 0 Å². The van der Waals surface area contributed by atoms with Gasteiger partial charge in [0.05, 0.1) is 6.04 Å². The van der Waals surface area contributed by atoms with Crippen molar-refractivity contribution in [3.63, 3.8) is 0 Å². The molecule has 0 bridgehead atoms. The number of benzene rings is 2. The first-order chi connectivity index (χ1) is 11.3. The monoisotopic (exact) mass is 308 g/mol. The molecule has 120 valence electrons. The minimum Gasteiger partial charge on any atom is -0.348 e. The normalized spacial score (nSPS) is 27.3. The standard InChI is InChI=1S/C20H24N2O/c21-12-18(15-10-9-13-5-1-2-6-14(13)11-15)22-20(23)19-16-7-3-4-8-17(16)19/h1-2,5-6,9-11,16-19H,3-4,7-8,12,21H2,(H,22,23)/t16-,17+,18?,19?. The molecule has 2 aromatic carbocycles. The van der Waals surface area contributed by atoms with Crippen molar-refractivity contribution in [1.82, 2.24) is 5.32 Å². The summed E-state index contributed by atoms with van der Waals surface area (Å²) in [5.41, 5.74) is 7.05. The van der Waals surface area contributed by atoms with E-state index in [0.717, 1.165) is 5.56 Å². The molecule has 2 aromatic rings. The molecule has 0 radical (unpaired) electrons. The van der Waals surface area contributed by atoms with Crippen LogP contribution >= 0.6 is 0 Å². The van der Waals surface area contributed by atoms with Crippen molar-refractivity contribution < 1.29 is 4.79 Å². The Balaban J connectivity index is 1.50. The lowest BCUT2D eigenvalue weighted by Gasteiger charge is -2.18. The van der Waals surface area contributed by atoms with E-state index in [1.807, 2.05) is 12.1 Å². The number of amides is 1. The van der Waals surface area contributed by atoms with Gasteiger partial charge in [-0.05, 0) is 47.1 Å². The number of carbonyl (C=O) groups excluding carboxylic acids is 1. The van der Waals surface area contributed by atoms with Crippen molar-refractivity contribution in [1.29, 1.82) is 0 Å². The maximum atomic E-state index is 12.6. The van der Waals surface area contributed by atoms with Crippen molar-refractivity contribution in [2.24, 2.45) is 23.5 Å². The third kappa shape index (κ3) is 2.74. The van der Waals surface area contributed by atoms with Gasteiger partial charge < -0.3 is 11.1 Å². The van der Waals surface area contributed by atoms with E-state index >= 15 is 0 Å². The third-order valence-electron chi connectivity index (χ3n) is 5.69. The Morgan fingerprint density at radius 2 is 1.78 bits per heavy atom. The van der Waals surface area contributed by atoms with Crippen LogP contribution in [0.1, 0.15) is 37.3 Å². The van der Waals surface area contributed by atoms with E-state index in [9.17, 15) is 4.79 Å². The second-order valence-electron chi connectivity index (χ2n) is 7.04. The van der Waals surface area contributed by atoms with E-state index in [4.69, 9.17) is 5.73 Å². The Morgan fingerprint density at radius 3 is 2.48 bits per heavy atom. The van der Waals surface area contributed by atoms with Crippen LogP contribution in [0.25, 0.3) is 10.8 Å². The Bertz CT molecular complexity index is 714. The fraction of sp³-hybridized carbons (Fsp3) is 0.450. The van der Waals surface area contributed by atoms with Crippen LogP contribution in [-0.4, -0.2) is 12.5 Å². The summed E-state index contributed by atoms with van der Waals surface area (Å²) in [6.07, 6.45) is 5.03. The molecule has 3 heteroatoms. The van der Waals surface area contributed by atoms with Gasteiger partial charge in [0.1, 0.15) is 0 Å². The topological polar surface area (TPSA) is 55.1 Å². The van der Waals surface area contributed by atoms with E-state index in [1.54, 1.807) is 0 Å². The van der Waals surface area contributed by atoms with Crippen LogP contribution in [0.5, 0.6) is 0 Å². The highest BCUT2D eigenvalue weighted by Crippen LogP contribution is 2.55. The molecule has 2 aliphatic rings. The second-order valence-corrected chi connectivity index (χ2v) is 7.04. The number of nitrogens with two attached hydrogens (primary N) is 1.